The van der Waals surface area contributed by atoms with E-state index in [1.54, 1.807) is 4.68 Å². The highest BCUT2D eigenvalue weighted by Crippen LogP contribution is 2.16. The van der Waals surface area contributed by atoms with Crippen molar-refractivity contribution in [2.24, 2.45) is 5.92 Å². The van der Waals surface area contributed by atoms with Gasteiger partial charge < -0.3 is 10.1 Å². The number of carbonyl (C=O) groups excluding carboxylic acids is 1. The first-order valence-electron chi connectivity index (χ1n) is 8.97. The third kappa shape index (κ3) is 5.27. The molecular weight excluding hydrogens is 318 g/mol. The van der Waals surface area contributed by atoms with E-state index in [9.17, 15) is 4.79 Å². The zero-order valence-corrected chi connectivity index (χ0v) is 15.2. The van der Waals surface area contributed by atoms with Crippen LogP contribution in [0, 0.1) is 5.92 Å². The number of tetrazole rings is 1. The molecule has 25 heavy (non-hydrogen) atoms. The van der Waals surface area contributed by atoms with E-state index in [4.69, 9.17) is 4.74 Å². The van der Waals surface area contributed by atoms with Crippen LogP contribution in [0.5, 0.6) is 5.75 Å². The van der Waals surface area contributed by atoms with Crippen molar-refractivity contribution in [1.82, 2.24) is 25.5 Å². The van der Waals surface area contributed by atoms with E-state index in [1.807, 2.05) is 31.2 Å². The molecule has 0 bridgehead atoms. The normalized spacial score (nSPS) is 10.9. The lowest BCUT2D eigenvalue weighted by Gasteiger charge is -2.15. The molecule has 0 aliphatic carbocycles. The van der Waals surface area contributed by atoms with Gasteiger partial charge in [-0.1, -0.05) is 26.7 Å². The van der Waals surface area contributed by atoms with Crippen LogP contribution in [0.4, 0.5) is 0 Å². The molecule has 7 heteroatoms. The van der Waals surface area contributed by atoms with Crippen LogP contribution in [-0.2, 0) is 11.3 Å². The summed E-state index contributed by atoms with van der Waals surface area (Å²) in [6.45, 7) is 7.08. The number of hydrogen-bond acceptors (Lipinski definition) is 5. The Bertz CT molecular complexity index is 648. The Balaban J connectivity index is 2.02. The topological polar surface area (TPSA) is 81.9 Å². The van der Waals surface area contributed by atoms with E-state index < -0.39 is 0 Å². The third-order valence-corrected chi connectivity index (χ3v) is 3.99. The molecule has 1 heterocycles. The van der Waals surface area contributed by atoms with Crippen molar-refractivity contribution in [2.45, 2.75) is 53.0 Å². The van der Waals surface area contributed by atoms with Gasteiger partial charge in [-0.15, -0.1) is 5.10 Å². The fraction of sp³-hybridized carbons (Fsp3) is 0.556. The molecule has 0 atom stereocenters. The largest absolute Gasteiger partial charge is 0.494 e. The molecule has 0 saturated heterocycles. The predicted molar refractivity (Wildman–Crippen MR) is 95.5 cm³/mol. The first kappa shape index (κ1) is 18.9. The first-order chi connectivity index (χ1) is 12.2. The lowest BCUT2D eigenvalue weighted by molar-refractivity contribution is -0.125. The van der Waals surface area contributed by atoms with Crippen LogP contribution in [0.2, 0.25) is 0 Å². The number of benzene rings is 1. The predicted octanol–water partition coefficient (Wildman–Crippen LogP) is 2.89. The van der Waals surface area contributed by atoms with Gasteiger partial charge in [0, 0.05) is 5.92 Å². The van der Waals surface area contributed by atoms with Gasteiger partial charge in [-0.25, -0.2) is 0 Å². The van der Waals surface area contributed by atoms with Crippen LogP contribution >= 0.6 is 0 Å². The summed E-state index contributed by atoms with van der Waals surface area (Å²) in [5.41, 5.74) is 0.830. The van der Waals surface area contributed by atoms with Crippen LogP contribution < -0.4 is 10.1 Å². The molecule has 1 N–H and O–H groups in total. The van der Waals surface area contributed by atoms with Crippen molar-refractivity contribution in [3.05, 3.63) is 30.1 Å². The Morgan fingerprint density at radius 1 is 1.16 bits per heavy atom. The molecule has 7 nitrogen and oxygen atoms in total. The number of ether oxygens (including phenoxy) is 1. The lowest BCUT2D eigenvalue weighted by atomic mass is 9.97. The van der Waals surface area contributed by atoms with Crippen LogP contribution in [-0.4, -0.2) is 32.7 Å². The van der Waals surface area contributed by atoms with E-state index in [-0.39, 0.29) is 11.8 Å². The van der Waals surface area contributed by atoms with Crippen molar-refractivity contribution in [1.29, 1.82) is 0 Å². The maximum absolute atomic E-state index is 12.4. The Morgan fingerprint density at radius 2 is 1.84 bits per heavy atom. The zero-order valence-electron chi connectivity index (χ0n) is 15.2. The van der Waals surface area contributed by atoms with Gasteiger partial charge in [-0.05, 0) is 54.5 Å². The maximum atomic E-state index is 12.4. The summed E-state index contributed by atoms with van der Waals surface area (Å²) in [6, 6.07) is 7.54. The van der Waals surface area contributed by atoms with Crippen molar-refractivity contribution < 1.29 is 9.53 Å². The van der Waals surface area contributed by atoms with Crippen LogP contribution in [0.15, 0.2) is 24.3 Å². The van der Waals surface area contributed by atoms with E-state index in [0.29, 0.717) is 19.0 Å². The van der Waals surface area contributed by atoms with Gasteiger partial charge in [0.1, 0.15) is 5.75 Å². The molecule has 0 spiro atoms. The standard InChI is InChI=1S/C18H27N5O2/c1-4-7-14(8-5-2)18(24)19-13-17-20-21-22-23(17)15-9-11-16(12-10-15)25-6-3/h9-12,14H,4-8,13H2,1-3H3,(H,19,24). The molecule has 0 radical (unpaired) electrons. The number of carbonyl (C=O) groups is 1. The summed E-state index contributed by atoms with van der Waals surface area (Å²) < 4.78 is 7.07. The van der Waals surface area contributed by atoms with E-state index in [0.717, 1.165) is 37.1 Å². The smallest absolute Gasteiger partial charge is 0.223 e. The number of hydrogen-bond donors (Lipinski definition) is 1. The molecule has 0 saturated carbocycles. The third-order valence-electron chi connectivity index (χ3n) is 3.99. The molecule has 0 aliphatic heterocycles. The summed E-state index contributed by atoms with van der Waals surface area (Å²) in [5.74, 6) is 1.54. The maximum Gasteiger partial charge on any atom is 0.223 e. The second kappa shape index (κ2) is 9.76. The summed E-state index contributed by atoms with van der Waals surface area (Å²) in [7, 11) is 0. The highest BCUT2D eigenvalue weighted by molar-refractivity contribution is 5.78. The average Bonchev–Trinajstić information content (AvgIpc) is 3.09. The molecule has 0 fully saturated rings. The minimum absolute atomic E-state index is 0.0600. The zero-order chi connectivity index (χ0) is 18.1. The van der Waals surface area contributed by atoms with Gasteiger partial charge in [-0.2, -0.15) is 4.68 Å². The molecule has 0 unspecified atom stereocenters. The van der Waals surface area contributed by atoms with Crippen LogP contribution in [0.3, 0.4) is 0 Å². The monoisotopic (exact) mass is 345 g/mol. The van der Waals surface area contributed by atoms with Crippen molar-refractivity contribution in [2.75, 3.05) is 6.61 Å². The van der Waals surface area contributed by atoms with Gasteiger partial charge in [0.05, 0.1) is 18.8 Å². The second-order valence-electron chi connectivity index (χ2n) is 5.93. The van der Waals surface area contributed by atoms with Crippen molar-refractivity contribution >= 4 is 5.91 Å². The fourth-order valence-corrected chi connectivity index (χ4v) is 2.78. The fourth-order valence-electron chi connectivity index (χ4n) is 2.78. The van der Waals surface area contributed by atoms with Crippen LogP contribution in [0.1, 0.15) is 52.3 Å². The molecular formula is C18H27N5O2. The first-order valence-corrected chi connectivity index (χ1v) is 8.97. The highest BCUT2D eigenvalue weighted by atomic mass is 16.5. The SMILES string of the molecule is CCCC(CCC)C(=O)NCc1nnnn1-c1ccc(OCC)cc1. The van der Waals surface area contributed by atoms with Crippen LogP contribution in [0.25, 0.3) is 5.69 Å². The number of rotatable bonds is 10. The minimum atomic E-state index is 0.0600. The molecule has 1 amide bonds. The van der Waals surface area contributed by atoms with Gasteiger partial charge >= 0.3 is 0 Å². The summed E-state index contributed by atoms with van der Waals surface area (Å²) in [6.07, 6.45) is 3.82. The highest BCUT2D eigenvalue weighted by Gasteiger charge is 2.17. The number of nitrogens with one attached hydrogen (secondary N) is 1. The quantitative estimate of drug-likeness (QED) is 0.716. The van der Waals surface area contributed by atoms with Gasteiger partial charge in [0.2, 0.25) is 5.91 Å². The molecule has 136 valence electrons. The minimum Gasteiger partial charge on any atom is -0.494 e. The molecule has 1 aromatic carbocycles. The average molecular weight is 345 g/mol. The number of amides is 1. The Morgan fingerprint density at radius 3 is 2.44 bits per heavy atom. The van der Waals surface area contributed by atoms with E-state index >= 15 is 0 Å². The molecule has 1 aromatic heterocycles. The Labute approximate surface area is 148 Å². The van der Waals surface area contributed by atoms with Crippen molar-refractivity contribution in [3.8, 4) is 11.4 Å². The summed E-state index contributed by atoms with van der Waals surface area (Å²) in [5, 5.41) is 14.8. The van der Waals surface area contributed by atoms with E-state index in [2.05, 4.69) is 34.7 Å². The molecule has 2 rings (SSSR count). The lowest BCUT2D eigenvalue weighted by Crippen LogP contribution is -2.31. The Hall–Kier alpha value is -2.44. The molecule has 0 aliphatic rings. The summed E-state index contributed by atoms with van der Waals surface area (Å²) in [4.78, 5) is 12.4. The second-order valence-corrected chi connectivity index (χ2v) is 5.93. The van der Waals surface area contributed by atoms with Gasteiger partial charge in [0.15, 0.2) is 5.82 Å². The summed E-state index contributed by atoms with van der Waals surface area (Å²) >= 11 is 0. The Kier molecular flexibility index (Phi) is 7.37. The van der Waals surface area contributed by atoms with Gasteiger partial charge in [0.25, 0.3) is 0 Å². The van der Waals surface area contributed by atoms with E-state index in [1.165, 1.54) is 0 Å². The van der Waals surface area contributed by atoms with Crippen molar-refractivity contribution in [3.63, 3.8) is 0 Å². The number of aromatic nitrogens is 4. The molecule has 2 aromatic rings. The van der Waals surface area contributed by atoms with Gasteiger partial charge in [-0.3, -0.25) is 4.79 Å². The number of nitrogens with zero attached hydrogens (tertiary/aromatic N) is 4.